The van der Waals surface area contributed by atoms with Crippen molar-refractivity contribution in [2.24, 2.45) is 0 Å². The molecule has 0 unspecified atom stereocenters. The molecule has 2 rings (SSSR count). The van der Waals surface area contributed by atoms with E-state index in [2.05, 4.69) is 24.5 Å². The van der Waals surface area contributed by atoms with Crippen LogP contribution in [0.5, 0.6) is 5.75 Å². The quantitative estimate of drug-likeness (QED) is 0.614. The van der Waals surface area contributed by atoms with Crippen LogP contribution in [0.25, 0.3) is 0 Å². The average Bonchev–Trinajstić information content (AvgIpc) is 2.17. The number of hydrogen-bond donors (Lipinski definition) is 0. The summed E-state index contributed by atoms with van der Waals surface area (Å²) in [7, 11) is 0. The lowest BCUT2D eigenvalue weighted by atomic mass is 10.1. The highest BCUT2D eigenvalue weighted by Gasteiger charge is 2.09. The Morgan fingerprint density at radius 3 is 3.17 bits per heavy atom. The van der Waals surface area contributed by atoms with Crippen molar-refractivity contribution >= 4 is 11.8 Å². The number of hydrogen-bond acceptors (Lipinski definition) is 2. The van der Waals surface area contributed by atoms with E-state index >= 15 is 0 Å². The molecule has 0 radical (unpaired) electrons. The van der Waals surface area contributed by atoms with Gasteiger partial charge in [0, 0.05) is 4.90 Å². The maximum Gasteiger partial charge on any atom is 0.123 e. The van der Waals surface area contributed by atoms with Crippen LogP contribution in [0.1, 0.15) is 12.0 Å². The van der Waals surface area contributed by atoms with Crippen LogP contribution in [-0.4, -0.2) is 12.9 Å². The van der Waals surface area contributed by atoms with E-state index in [4.69, 9.17) is 4.74 Å². The molecule has 0 saturated heterocycles. The van der Waals surface area contributed by atoms with Crippen LogP contribution >= 0.6 is 11.8 Å². The fourth-order valence-corrected chi connectivity index (χ4v) is 1.88. The first-order valence-corrected chi connectivity index (χ1v) is 5.42. The zero-order valence-electron chi connectivity index (χ0n) is 7.17. The molecule has 2 heteroatoms. The highest BCUT2D eigenvalue weighted by Crippen LogP contribution is 2.28. The van der Waals surface area contributed by atoms with Gasteiger partial charge in [0.15, 0.2) is 0 Å². The summed E-state index contributed by atoms with van der Waals surface area (Å²) in [5.41, 5.74) is 1.36. The molecule has 0 saturated carbocycles. The molecule has 0 N–H and O–H groups in total. The third kappa shape index (κ3) is 1.44. The molecule has 0 aliphatic carbocycles. The maximum absolute atomic E-state index is 5.55. The minimum Gasteiger partial charge on any atom is -0.493 e. The lowest BCUT2D eigenvalue weighted by Crippen LogP contribution is -2.07. The molecule has 1 aliphatic rings. The Morgan fingerprint density at radius 2 is 2.33 bits per heavy atom. The van der Waals surface area contributed by atoms with Gasteiger partial charge in [0.1, 0.15) is 5.75 Å². The molecule has 0 bridgehead atoms. The predicted molar refractivity (Wildman–Crippen MR) is 52.0 cm³/mol. The van der Waals surface area contributed by atoms with Gasteiger partial charge in [-0.3, -0.25) is 0 Å². The van der Waals surface area contributed by atoms with Gasteiger partial charge in [0.2, 0.25) is 0 Å². The Balaban J connectivity index is 2.36. The Bertz CT molecular complexity index is 283. The van der Waals surface area contributed by atoms with Crippen molar-refractivity contribution in [3.63, 3.8) is 0 Å². The molecule has 0 fully saturated rings. The van der Waals surface area contributed by atoms with Crippen molar-refractivity contribution in [3.05, 3.63) is 23.8 Å². The largest absolute Gasteiger partial charge is 0.493 e. The second kappa shape index (κ2) is 3.40. The number of thioether (sulfide) groups is 1. The Hall–Kier alpha value is -0.630. The van der Waals surface area contributed by atoms with Gasteiger partial charge in [-0.2, -0.15) is 0 Å². The van der Waals surface area contributed by atoms with E-state index in [1.165, 1.54) is 16.9 Å². The maximum atomic E-state index is 5.55. The Labute approximate surface area is 77.1 Å². The van der Waals surface area contributed by atoms with Crippen LogP contribution in [0, 0.1) is 0 Å². The highest BCUT2D eigenvalue weighted by molar-refractivity contribution is 7.98. The molecule has 0 atom stereocenters. The Morgan fingerprint density at radius 1 is 1.42 bits per heavy atom. The van der Waals surface area contributed by atoms with Crippen molar-refractivity contribution < 1.29 is 4.74 Å². The van der Waals surface area contributed by atoms with E-state index in [0.717, 1.165) is 18.8 Å². The molecule has 0 spiro atoms. The zero-order chi connectivity index (χ0) is 8.39. The first-order chi connectivity index (χ1) is 5.90. The lowest BCUT2D eigenvalue weighted by Gasteiger charge is -2.17. The summed E-state index contributed by atoms with van der Waals surface area (Å²) in [5, 5.41) is 0. The molecule has 1 aliphatic heterocycles. The molecule has 64 valence electrons. The SMILES string of the molecule is CSc1ccc2c(c1)OCCC2. The van der Waals surface area contributed by atoms with Crippen molar-refractivity contribution in [2.45, 2.75) is 17.7 Å². The van der Waals surface area contributed by atoms with Gasteiger partial charge in [-0.05, 0) is 36.8 Å². The van der Waals surface area contributed by atoms with E-state index < -0.39 is 0 Å². The van der Waals surface area contributed by atoms with Crippen LogP contribution in [0.2, 0.25) is 0 Å². The van der Waals surface area contributed by atoms with Crippen LogP contribution in [0.15, 0.2) is 23.1 Å². The standard InChI is InChI=1S/C10H12OS/c1-12-9-5-4-8-3-2-6-11-10(8)7-9/h4-5,7H,2-3,6H2,1H3. The van der Waals surface area contributed by atoms with Crippen molar-refractivity contribution in [2.75, 3.05) is 12.9 Å². The zero-order valence-corrected chi connectivity index (χ0v) is 7.99. The highest BCUT2D eigenvalue weighted by atomic mass is 32.2. The first kappa shape index (κ1) is 7.99. The minimum atomic E-state index is 0.880. The molecule has 1 heterocycles. The second-order valence-corrected chi connectivity index (χ2v) is 3.81. The molecule has 1 aromatic carbocycles. The number of aryl methyl sites for hydroxylation is 1. The minimum absolute atomic E-state index is 0.880. The fraction of sp³-hybridized carbons (Fsp3) is 0.400. The van der Waals surface area contributed by atoms with E-state index in [0.29, 0.717) is 0 Å². The summed E-state index contributed by atoms with van der Waals surface area (Å²) in [6, 6.07) is 6.48. The van der Waals surface area contributed by atoms with E-state index in [1.54, 1.807) is 11.8 Å². The smallest absolute Gasteiger partial charge is 0.123 e. The Kier molecular flexibility index (Phi) is 2.26. The van der Waals surface area contributed by atoms with Crippen LogP contribution in [0.4, 0.5) is 0 Å². The van der Waals surface area contributed by atoms with Crippen LogP contribution in [0.3, 0.4) is 0 Å². The van der Waals surface area contributed by atoms with Crippen molar-refractivity contribution in [1.29, 1.82) is 0 Å². The van der Waals surface area contributed by atoms with Gasteiger partial charge in [-0.1, -0.05) is 6.07 Å². The lowest BCUT2D eigenvalue weighted by molar-refractivity contribution is 0.287. The first-order valence-electron chi connectivity index (χ1n) is 4.20. The monoisotopic (exact) mass is 180 g/mol. The van der Waals surface area contributed by atoms with Crippen LogP contribution in [-0.2, 0) is 6.42 Å². The number of ether oxygens (including phenoxy) is 1. The molecular weight excluding hydrogens is 168 g/mol. The average molecular weight is 180 g/mol. The van der Waals surface area contributed by atoms with Gasteiger partial charge in [0.25, 0.3) is 0 Å². The van der Waals surface area contributed by atoms with Gasteiger partial charge in [-0.15, -0.1) is 11.8 Å². The van der Waals surface area contributed by atoms with E-state index in [-0.39, 0.29) is 0 Å². The van der Waals surface area contributed by atoms with Gasteiger partial charge in [0.05, 0.1) is 6.61 Å². The van der Waals surface area contributed by atoms with Crippen molar-refractivity contribution in [3.8, 4) is 5.75 Å². The third-order valence-electron chi connectivity index (χ3n) is 2.12. The summed E-state index contributed by atoms with van der Waals surface area (Å²) in [5.74, 6) is 1.09. The predicted octanol–water partition coefficient (Wildman–Crippen LogP) is 2.73. The molecule has 1 aromatic rings. The molecule has 12 heavy (non-hydrogen) atoms. The second-order valence-electron chi connectivity index (χ2n) is 2.93. The fourth-order valence-electron chi connectivity index (χ4n) is 1.45. The topological polar surface area (TPSA) is 9.23 Å². The normalized spacial score (nSPS) is 15.1. The summed E-state index contributed by atoms with van der Waals surface area (Å²) >= 11 is 1.76. The van der Waals surface area contributed by atoms with E-state index in [1.807, 2.05) is 0 Å². The van der Waals surface area contributed by atoms with Gasteiger partial charge >= 0.3 is 0 Å². The summed E-state index contributed by atoms with van der Waals surface area (Å²) < 4.78 is 5.55. The summed E-state index contributed by atoms with van der Waals surface area (Å²) in [6.45, 7) is 0.880. The number of rotatable bonds is 1. The van der Waals surface area contributed by atoms with Crippen LogP contribution < -0.4 is 4.74 Å². The third-order valence-corrected chi connectivity index (χ3v) is 2.85. The summed E-state index contributed by atoms with van der Waals surface area (Å²) in [4.78, 5) is 1.29. The van der Waals surface area contributed by atoms with Gasteiger partial charge in [-0.25, -0.2) is 0 Å². The number of benzene rings is 1. The molecule has 1 nitrogen and oxygen atoms in total. The summed E-state index contributed by atoms with van der Waals surface area (Å²) in [6.07, 6.45) is 4.42. The van der Waals surface area contributed by atoms with Crippen molar-refractivity contribution in [1.82, 2.24) is 0 Å². The van der Waals surface area contributed by atoms with E-state index in [9.17, 15) is 0 Å². The van der Waals surface area contributed by atoms with Gasteiger partial charge < -0.3 is 4.74 Å². The number of fused-ring (bicyclic) bond motifs is 1. The molecule has 0 amide bonds. The molecular formula is C10H12OS. The molecule has 0 aromatic heterocycles.